The standard InChI is InChI=1S/C12H10N2.ClH/c1-3-9-13-11(5-1)7-8-12-6-2-4-10-14-12;/h1-10H;1H. The molecular weight excluding hydrogens is 208 g/mol. The zero-order chi connectivity index (χ0) is 9.64. The van der Waals surface area contributed by atoms with Crippen molar-refractivity contribution in [2.45, 2.75) is 0 Å². The first kappa shape index (κ1) is 11.4. The average Bonchev–Trinajstić information content (AvgIpc) is 2.29. The van der Waals surface area contributed by atoms with Crippen LogP contribution in [0.3, 0.4) is 0 Å². The Labute approximate surface area is 95.1 Å². The molecule has 0 aromatic carbocycles. The monoisotopic (exact) mass is 218 g/mol. The van der Waals surface area contributed by atoms with Gasteiger partial charge in [0.1, 0.15) is 0 Å². The summed E-state index contributed by atoms with van der Waals surface area (Å²) in [7, 11) is 0. The van der Waals surface area contributed by atoms with Crippen LogP contribution in [0, 0.1) is 0 Å². The van der Waals surface area contributed by atoms with Crippen LogP contribution in [0.5, 0.6) is 0 Å². The van der Waals surface area contributed by atoms with Gasteiger partial charge in [0.15, 0.2) is 0 Å². The van der Waals surface area contributed by atoms with Crippen LogP contribution in [0.15, 0.2) is 48.8 Å². The molecule has 0 saturated heterocycles. The Balaban J connectivity index is 0.00000112. The normalized spacial score (nSPS) is 9.87. The lowest BCUT2D eigenvalue weighted by Gasteiger charge is -1.91. The predicted octanol–water partition coefficient (Wildman–Crippen LogP) is 3.07. The number of rotatable bonds is 2. The number of halogens is 1. The van der Waals surface area contributed by atoms with Crippen LogP contribution in [-0.2, 0) is 0 Å². The lowest BCUT2D eigenvalue weighted by atomic mass is 10.3. The summed E-state index contributed by atoms with van der Waals surface area (Å²) in [6.45, 7) is 0. The summed E-state index contributed by atoms with van der Waals surface area (Å²) in [6, 6.07) is 11.6. The summed E-state index contributed by atoms with van der Waals surface area (Å²) >= 11 is 0. The summed E-state index contributed by atoms with van der Waals surface area (Å²) in [6.07, 6.45) is 7.45. The van der Waals surface area contributed by atoms with Crippen LogP contribution in [0.2, 0.25) is 0 Å². The van der Waals surface area contributed by atoms with Gasteiger partial charge >= 0.3 is 0 Å². The van der Waals surface area contributed by atoms with Crippen molar-refractivity contribution < 1.29 is 0 Å². The van der Waals surface area contributed by atoms with Crippen molar-refractivity contribution in [3.63, 3.8) is 0 Å². The van der Waals surface area contributed by atoms with E-state index in [0.29, 0.717) is 0 Å². The number of hydrogen-bond donors (Lipinski definition) is 0. The third-order valence-corrected chi connectivity index (χ3v) is 1.80. The van der Waals surface area contributed by atoms with Gasteiger partial charge in [0.25, 0.3) is 0 Å². The van der Waals surface area contributed by atoms with E-state index in [1.807, 2.05) is 48.6 Å². The highest BCUT2D eigenvalue weighted by atomic mass is 35.5. The molecule has 0 unspecified atom stereocenters. The molecule has 2 aromatic rings. The second kappa shape index (κ2) is 5.94. The minimum absolute atomic E-state index is 0. The minimum atomic E-state index is 0. The number of nitrogens with zero attached hydrogens (tertiary/aromatic N) is 2. The average molecular weight is 219 g/mol. The molecule has 0 atom stereocenters. The van der Waals surface area contributed by atoms with Crippen LogP contribution in [0.25, 0.3) is 12.2 Å². The van der Waals surface area contributed by atoms with Crippen molar-refractivity contribution in [3.05, 3.63) is 60.2 Å². The Morgan fingerprint density at radius 2 is 1.20 bits per heavy atom. The quantitative estimate of drug-likeness (QED) is 0.774. The van der Waals surface area contributed by atoms with Crippen molar-refractivity contribution in [2.75, 3.05) is 0 Å². The van der Waals surface area contributed by atoms with E-state index in [-0.39, 0.29) is 12.4 Å². The Morgan fingerprint density at radius 3 is 1.53 bits per heavy atom. The Morgan fingerprint density at radius 1 is 0.733 bits per heavy atom. The summed E-state index contributed by atoms with van der Waals surface area (Å²) in [5.41, 5.74) is 1.89. The second-order valence-corrected chi connectivity index (χ2v) is 2.84. The summed E-state index contributed by atoms with van der Waals surface area (Å²) in [5, 5.41) is 0. The van der Waals surface area contributed by atoms with Gasteiger partial charge in [-0.15, -0.1) is 12.4 Å². The highest BCUT2D eigenvalue weighted by Gasteiger charge is 1.86. The Kier molecular flexibility index (Phi) is 4.51. The van der Waals surface area contributed by atoms with Crippen LogP contribution in [0.4, 0.5) is 0 Å². The molecule has 0 N–H and O–H groups in total. The fourth-order valence-electron chi connectivity index (χ4n) is 1.12. The third kappa shape index (κ3) is 3.52. The first-order valence-corrected chi connectivity index (χ1v) is 4.45. The van der Waals surface area contributed by atoms with Crippen LogP contribution >= 0.6 is 12.4 Å². The summed E-state index contributed by atoms with van der Waals surface area (Å²) < 4.78 is 0. The zero-order valence-corrected chi connectivity index (χ0v) is 8.89. The summed E-state index contributed by atoms with van der Waals surface area (Å²) in [4.78, 5) is 8.36. The molecule has 0 radical (unpaired) electrons. The SMILES string of the molecule is C(=Cc1ccccn1)c1ccccn1.Cl. The van der Waals surface area contributed by atoms with Gasteiger partial charge in [-0.05, 0) is 36.4 Å². The van der Waals surface area contributed by atoms with Crippen molar-refractivity contribution in [3.8, 4) is 0 Å². The lowest BCUT2D eigenvalue weighted by Crippen LogP contribution is -1.79. The van der Waals surface area contributed by atoms with E-state index in [4.69, 9.17) is 0 Å². The third-order valence-electron chi connectivity index (χ3n) is 1.80. The largest absolute Gasteiger partial charge is 0.257 e. The van der Waals surface area contributed by atoms with E-state index in [1.165, 1.54) is 0 Å². The van der Waals surface area contributed by atoms with E-state index in [0.717, 1.165) is 11.4 Å². The van der Waals surface area contributed by atoms with Gasteiger partial charge < -0.3 is 0 Å². The Bertz CT molecular complexity index is 371. The molecule has 0 bridgehead atoms. The molecule has 2 rings (SSSR count). The molecule has 3 heteroatoms. The van der Waals surface area contributed by atoms with Crippen molar-refractivity contribution in [1.29, 1.82) is 0 Å². The lowest BCUT2D eigenvalue weighted by molar-refractivity contribution is 1.28. The number of aromatic nitrogens is 2. The second-order valence-electron chi connectivity index (χ2n) is 2.84. The van der Waals surface area contributed by atoms with Crippen LogP contribution in [-0.4, -0.2) is 9.97 Å². The smallest absolute Gasteiger partial charge is 0.0630 e. The molecule has 2 aromatic heterocycles. The highest BCUT2D eigenvalue weighted by Crippen LogP contribution is 2.02. The molecule has 2 nitrogen and oxygen atoms in total. The molecule has 0 aliphatic rings. The van der Waals surface area contributed by atoms with Gasteiger partial charge in [-0.2, -0.15) is 0 Å². The molecule has 76 valence electrons. The van der Waals surface area contributed by atoms with Gasteiger partial charge in [-0.3, -0.25) is 9.97 Å². The van der Waals surface area contributed by atoms with E-state index in [1.54, 1.807) is 12.4 Å². The van der Waals surface area contributed by atoms with Crippen molar-refractivity contribution in [2.24, 2.45) is 0 Å². The van der Waals surface area contributed by atoms with E-state index in [9.17, 15) is 0 Å². The number of hydrogen-bond acceptors (Lipinski definition) is 2. The van der Waals surface area contributed by atoms with Gasteiger partial charge in [0, 0.05) is 12.4 Å². The molecule has 0 saturated carbocycles. The molecule has 0 aliphatic heterocycles. The molecular formula is C12H11ClN2. The summed E-state index contributed by atoms with van der Waals surface area (Å²) in [5.74, 6) is 0. The fraction of sp³-hybridized carbons (Fsp3) is 0. The van der Waals surface area contributed by atoms with E-state index >= 15 is 0 Å². The van der Waals surface area contributed by atoms with Crippen molar-refractivity contribution in [1.82, 2.24) is 9.97 Å². The Hall–Kier alpha value is -1.67. The maximum absolute atomic E-state index is 4.18. The minimum Gasteiger partial charge on any atom is -0.257 e. The van der Waals surface area contributed by atoms with Crippen LogP contribution < -0.4 is 0 Å². The van der Waals surface area contributed by atoms with Crippen molar-refractivity contribution >= 4 is 24.6 Å². The maximum Gasteiger partial charge on any atom is 0.0630 e. The van der Waals surface area contributed by atoms with Gasteiger partial charge in [-0.1, -0.05) is 12.1 Å². The molecule has 0 spiro atoms. The van der Waals surface area contributed by atoms with Gasteiger partial charge in [-0.25, -0.2) is 0 Å². The first-order chi connectivity index (χ1) is 6.95. The molecule has 15 heavy (non-hydrogen) atoms. The topological polar surface area (TPSA) is 25.8 Å². The molecule has 0 amide bonds. The number of pyridine rings is 2. The maximum atomic E-state index is 4.18. The highest BCUT2D eigenvalue weighted by molar-refractivity contribution is 5.85. The predicted molar refractivity (Wildman–Crippen MR) is 64.7 cm³/mol. The van der Waals surface area contributed by atoms with Gasteiger partial charge in [0.2, 0.25) is 0 Å². The van der Waals surface area contributed by atoms with E-state index in [2.05, 4.69) is 9.97 Å². The fourth-order valence-corrected chi connectivity index (χ4v) is 1.12. The molecule has 2 heterocycles. The first-order valence-electron chi connectivity index (χ1n) is 4.45. The van der Waals surface area contributed by atoms with E-state index < -0.39 is 0 Å². The zero-order valence-electron chi connectivity index (χ0n) is 8.08. The van der Waals surface area contributed by atoms with Crippen LogP contribution in [0.1, 0.15) is 11.4 Å². The molecule has 0 fully saturated rings. The molecule has 0 aliphatic carbocycles. The van der Waals surface area contributed by atoms with Gasteiger partial charge in [0.05, 0.1) is 11.4 Å².